The highest BCUT2D eigenvalue weighted by molar-refractivity contribution is 6.05. The second-order valence-electron chi connectivity index (χ2n) is 7.70. The molecule has 1 aliphatic rings. The SMILES string of the molecule is CN/C(C)=C\C(=N)CN1C(=O)N(C)Cc2ccc(C(=O)NCc3c(F)cc(F)cc3F)cc21. The van der Waals surface area contributed by atoms with Gasteiger partial charge in [-0.3, -0.25) is 9.69 Å². The lowest BCUT2D eigenvalue weighted by molar-refractivity contribution is 0.0950. The minimum atomic E-state index is -1.10. The average molecular weight is 459 g/mol. The summed E-state index contributed by atoms with van der Waals surface area (Å²) in [6.07, 6.45) is 1.60. The summed E-state index contributed by atoms with van der Waals surface area (Å²) >= 11 is 0. The summed E-state index contributed by atoms with van der Waals surface area (Å²) in [5.41, 5.74) is 1.92. The van der Waals surface area contributed by atoms with Crippen LogP contribution >= 0.6 is 0 Å². The van der Waals surface area contributed by atoms with E-state index >= 15 is 0 Å². The van der Waals surface area contributed by atoms with E-state index in [0.717, 1.165) is 11.3 Å². The molecule has 0 spiro atoms. The van der Waals surface area contributed by atoms with Gasteiger partial charge < -0.3 is 20.9 Å². The van der Waals surface area contributed by atoms with Crippen LogP contribution in [-0.2, 0) is 13.1 Å². The molecule has 2 aromatic carbocycles. The lowest BCUT2D eigenvalue weighted by atomic mass is 10.0. The summed E-state index contributed by atoms with van der Waals surface area (Å²) in [7, 11) is 3.37. The molecule has 3 rings (SSSR count). The molecule has 0 bridgehead atoms. The average Bonchev–Trinajstić information content (AvgIpc) is 2.75. The van der Waals surface area contributed by atoms with Crippen LogP contribution in [0.2, 0.25) is 0 Å². The molecule has 2 aromatic rings. The number of allylic oxidation sites excluding steroid dienone is 1. The van der Waals surface area contributed by atoms with Crippen molar-refractivity contribution in [1.82, 2.24) is 15.5 Å². The molecule has 0 aromatic heterocycles. The highest BCUT2D eigenvalue weighted by Gasteiger charge is 2.29. The number of nitrogens with zero attached hydrogens (tertiary/aromatic N) is 2. The number of carbonyl (C=O) groups is 2. The fourth-order valence-electron chi connectivity index (χ4n) is 3.44. The molecular weight excluding hydrogens is 435 g/mol. The molecule has 7 nitrogen and oxygen atoms in total. The predicted octanol–water partition coefficient (Wildman–Crippen LogP) is 3.55. The van der Waals surface area contributed by atoms with Crippen molar-refractivity contribution >= 4 is 23.3 Å². The predicted molar refractivity (Wildman–Crippen MR) is 119 cm³/mol. The molecule has 10 heteroatoms. The third-order valence-electron chi connectivity index (χ3n) is 5.25. The van der Waals surface area contributed by atoms with Crippen molar-refractivity contribution in [2.75, 3.05) is 25.5 Å². The Kier molecular flexibility index (Phi) is 7.05. The quantitative estimate of drug-likeness (QED) is 0.554. The first kappa shape index (κ1) is 23.8. The fraction of sp³-hybridized carbons (Fsp3) is 0.261. The molecule has 0 aliphatic carbocycles. The number of hydrogen-bond donors (Lipinski definition) is 3. The van der Waals surface area contributed by atoms with Crippen molar-refractivity contribution in [3.63, 3.8) is 0 Å². The monoisotopic (exact) mass is 459 g/mol. The number of rotatable bonds is 7. The molecule has 174 valence electrons. The van der Waals surface area contributed by atoms with Crippen molar-refractivity contribution in [1.29, 1.82) is 5.41 Å². The van der Waals surface area contributed by atoms with E-state index in [2.05, 4.69) is 10.6 Å². The minimum Gasteiger partial charge on any atom is -0.392 e. The van der Waals surface area contributed by atoms with Gasteiger partial charge in [-0.15, -0.1) is 0 Å². The lowest BCUT2D eigenvalue weighted by Gasteiger charge is -2.35. The summed E-state index contributed by atoms with van der Waals surface area (Å²) in [5.74, 6) is -3.86. The summed E-state index contributed by atoms with van der Waals surface area (Å²) in [6, 6.07) is 5.51. The Morgan fingerprint density at radius 2 is 1.85 bits per heavy atom. The molecular formula is C23H24F3N5O2. The summed E-state index contributed by atoms with van der Waals surface area (Å²) in [6.45, 7) is 1.64. The summed E-state index contributed by atoms with van der Waals surface area (Å²) < 4.78 is 40.8. The number of hydrogen-bond acceptors (Lipinski definition) is 4. The van der Waals surface area contributed by atoms with E-state index in [-0.39, 0.29) is 23.9 Å². The summed E-state index contributed by atoms with van der Waals surface area (Å²) in [5, 5.41) is 13.5. The molecule has 1 heterocycles. The Morgan fingerprint density at radius 3 is 2.48 bits per heavy atom. The number of amides is 3. The standard InChI is InChI=1S/C23H24F3N5O2/c1-13(28-2)6-17(27)12-31-21-7-14(4-5-15(21)11-30(3)23(31)33)22(32)29-10-18-19(25)8-16(24)9-20(18)26/h4-9,27-28H,10-12H2,1-3H3,(H,29,32)/b13-6-,27-17?. The molecule has 0 saturated heterocycles. The van der Waals surface area contributed by atoms with Crippen LogP contribution in [0.5, 0.6) is 0 Å². The van der Waals surface area contributed by atoms with Gasteiger partial charge >= 0.3 is 6.03 Å². The van der Waals surface area contributed by atoms with Crippen LogP contribution in [0, 0.1) is 22.9 Å². The topological polar surface area (TPSA) is 88.5 Å². The van der Waals surface area contributed by atoms with Crippen molar-refractivity contribution in [3.8, 4) is 0 Å². The van der Waals surface area contributed by atoms with Gasteiger partial charge in [-0.1, -0.05) is 6.07 Å². The van der Waals surface area contributed by atoms with E-state index in [1.54, 1.807) is 39.2 Å². The van der Waals surface area contributed by atoms with Crippen LogP contribution in [0.1, 0.15) is 28.4 Å². The van der Waals surface area contributed by atoms with Gasteiger partial charge in [-0.2, -0.15) is 0 Å². The maximum absolute atomic E-state index is 13.8. The molecule has 0 fully saturated rings. The maximum Gasteiger partial charge on any atom is 0.324 e. The first-order valence-corrected chi connectivity index (χ1v) is 10.1. The molecule has 0 atom stereocenters. The molecule has 3 amide bonds. The number of urea groups is 1. The van der Waals surface area contributed by atoms with Crippen LogP contribution < -0.4 is 15.5 Å². The van der Waals surface area contributed by atoms with Crippen molar-refractivity contribution < 1.29 is 22.8 Å². The largest absolute Gasteiger partial charge is 0.392 e. The zero-order valence-electron chi connectivity index (χ0n) is 18.4. The molecule has 0 radical (unpaired) electrons. The van der Waals surface area contributed by atoms with Gasteiger partial charge in [-0.05, 0) is 30.7 Å². The van der Waals surface area contributed by atoms with Gasteiger partial charge in [-0.25, -0.2) is 18.0 Å². The van der Waals surface area contributed by atoms with Gasteiger partial charge in [0.25, 0.3) is 5.91 Å². The van der Waals surface area contributed by atoms with Gasteiger partial charge in [0.1, 0.15) is 17.5 Å². The number of nitrogens with one attached hydrogen (secondary N) is 3. The van der Waals surface area contributed by atoms with Gasteiger partial charge in [0.05, 0.1) is 17.9 Å². The van der Waals surface area contributed by atoms with Crippen molar-refractivity contribution in [2.45, 2.75) is 20.0 Å². The van der Waals surface area contributed by atoms with Crippen LogP contribution in [0.4, 0.5) is 23.7 Å². The zero-order chi connectivity index (χ0) is 24.3. The molecule has 0 saturated carbocycles. The summed E-state index contributed by atoms with van der Waals surface area (Å²) in [4.78, 5) is 28.3. The maximum atomic E-state index is 13.8. The minimum absolute atomic E-state index is 0.00767. The second kappa shape index (κ2) is 9.76. The second-order valence-corrected chi connectivity index (χ2v) is 7.70. The molecule has 3 N–H and O–H groups in total. The Balaban J connectivity index is 1.84. The van der Waals surface area contributed by atoms with Gasteiger partial charge in [0, 0.05) is 56.1 Å². The highest BCUT2D eigenvalue weighted by Crippen LogP contribution is 2.29. The molecule has 1 aliphatic heterocycles. The third kappa shape index (κ3) is 5.33. The van der Waals surface area contributed by atoms with E-state index < -0.39 is 35.5 Å². The first-order valence-electron chi connectivity index (χ1n) is 10.1. The van der Waals surface area contributed by atoms with Crippen LogP contribution in [0.3, 0.4) is 0 Å². The lowest BCUT2D eigenvalue weighted by Crippen LogP contribution is -2.47. The number of anilines is 1. The van der Waals surface area contributed by atoms with Gasteiger partial charge in [0.2, 0.25) is 0 Å². The Morgan fingerprint density at radius 1 is 1.18 bits per heavy atom. The van der Waals surface area contributed by atoms with Gasteiger partial charge in [0.15, 0.2) is 0 Å². The molecule has 33 heavy (non-hydrogen) atoms. The Labute approximate surface area is 189 Å². The first-order chi connectivity index (χ1) is 15.6. The normalized spacial score (nSPS) is 13.6. The highest BCUT2D eigenvalue weighted by atomic mass is 19.1. The van der Waals surface area contributed by atoms with Crippen molar-refractivity contribution in [3.05, 3.63) is 76.2 Å². The number of benzene rings is 2. The zero-order valence-corrected chi connectivity index (χ0v) is 18.4. The van der Waals surface area contributed by atoms with Crippen molar-refractivity contribution in [2.24, 2.45) is 0 Å². The smallest absolute Gasteiger partial charge is 0.324 e. The van der Waals surface area contributed by atoms with E-state index in [0.29, 0.717) is 24.4 Å². The van der Waals surface area contributed by atoms with Crippen LogP contribution in [-0.4, -0.2) is 43.2 Å². The van der Waals surface area contributed by atoms with Crippen LogP contribution in [0.25, 0.3) is 0 Å². The van der Waals surface area contributed by atoms with E-state index in [9.17, 15) is 22.8 Å². The number of fused-ring (bicyclic) bond motifs is 1. The molecule has 0 unspecified atom stereocenters. The van der Waals surface area contributed by atoms with E-state index in [4.69, 9.17) is 5.41 Å². The van der Waals surface area contributed by atoms with E-state index in [1.807, 2.05) is 0 Å². The number of carbonyl (C=O) groups excluding carboxylic acids is 2. The number of halogens is 3. The third-order valence-corrected chi connectivity index (χ3v) is 5.25. The Bertz CT molecular complexity index is 1130. The fourth-order valence-corrected chi connectivity index (χ4v) is 3.44. The van der Waals surface area contributed by atoms with E-state index in [1.165, 1.54) is 15.9 Å². The Hall–Kier alpha value is -3.82. The van der Waals surface area contributed by atoms with Crippen LogP contribution in [0.15, 0.2) is 42.1 Å².